The van der Waals surface area contributed by atoms with Crippen LogP contribution in [-0.2, 0) is 0 Å². The fraction of sp³-hybridized carbons (Fsp3) is 0.909. The van der Waals surface area contributed by atoms with E-state index >= 15 is 0 Å². The molecule has 0 aromatic carbocycles. The summed E-state index contributed by atoms with van der Waals surface area (Å²) < 4.78 is 0. The lowest BCUT2D eigenvalue weighted by Gasteiger charge is -2.03. The standard InChI is InChI=1S/C22H44/c1-3-5-7-9-11-13-15-17-19-21-22-20-18-16-14-12-10-8-6-4-2/h3,5H,4,6-22H2,1-2H3/b5-3-. The van der Waals surface area contributed by atoms with Crippen LogP contribution in [0.4, 0.5) is 0 Å². The van der Waals surface area contributed by atoms with Gasteiger partial charge in [0.15, 0.2) is 0 Å². The van der Waals surface area contributed by atoms with Crippen molar-refractivity contribution in [3.63, 3.8) is 0 Å². The summed E-state index contributed by atoms with van der Waals surface area (Å²) in [6.07, 6.45) is 30.6. The Balaban J connectivity index is 2.94. The van der Waals surface area contributed by atoms with E-state index in [1.54, 1.807) is 0 Å². The zero-order chi connectivity index (χ0) is 16.1. The first kappa shape index (κ1) is 21.7. The summed E-state index contributed by atoms with van der Waals surface area (Å²) in [6, 6.07) is 0. The topological polar surface area (TPSA) is 0 Å². The lowest BCUT2D eigenvalue weighted by Crippen LogP contribution is -1.83. The normalized spacial score (nSPS) is 11.5. The highest BCUT2D eigenvalue weighted by molar-refractivity contribution is 4.76. The maximum absolute atomic E-state index is 2.30. The number of hydrogen-bond donors (Lipinski definition) is 0. The Morgan fingerprint density at radius 3 is 1.09 bits per heavy atom. The van der Waals surface area contributed by atoms with E-state index in [9.17, 15) is 0 Å². The maximum Gasteiger partial charge on any atom is -0.0351 e. The van der Waals surface area contributed by atoms with E-state index in [-0.39, 0.29) is 0 Å². The first-order chi connectivity index (χ1) is 10.9. The Morgan fingerprint density at radius 1 is 0.455 bits per heavy atom. The molecule has 0 heteroatoms. The molecule has 0 aromatic heterocycles. The number of rotatable bonds is 18. The van der Waals surface area contributed by atoms with Gasteiger partial charge in [-0.3, -0.25) is 0 Å². The highest BCUT2D eigenvalue weighted by Gasteiger charge is 1.94. The molecule has 0 amide bonds. The second-order valence-electron chi connectivity index (χ2n) is 7.01. The summed E-state index contributed by atoms with van der Waals surface area (Å²) in [5.41, 5.74) is 0. The Hall–Kier alpha value is -0.260. The SMILES string of the molecule is C/C=C\CCCCCCCCCCCCCCCCCCC. The van der Waals surface area contributed by atoms with Crippen molar-refractivity contribution >= 4 is 0 Å². The highest BCUT2D eigenvalue weighted by atomic mass is 14.0. The molecule has 0 unspecified atom stereocenters. The van der Waals surface area contributed by atoms with Gasteiger partial charge < -0.3 is 0 Å². The van der Waals surface area contributed by atoms with Crippen molar-refractivity contribution in [2.24, 2.45) is 0 Å². The van der Waals surface area contributed by atoms with Crippen molar-refractivity contribution in [3.8, 4) is 0 Å². The van der Waals surface area contributed by atoms with Crippen molar-refractivity contribution < 1.29 is 0 Å². The summed E-state index contributed by atoms with van der Waals surface area (Å²) in [4.78, 5) is 0. The molecule has 0 aliphatic carbocycles. The lowest BCUT2D eigenvalue weighted by atomic mass is 10.0. The van der Waals surface area contributed by atoms with Crippen LogP contribution in [0.1, 0.15) is 129 Å². The minimum absolute atomic E-state index is 1.29. The van der Waals surface area contributed by atoms with E-state index < -0.39 is 0 Å². The van der Waals surface area contributed by atoms with Crippen LogP contribution in [0.3, 0.4) is 0 Å². The molecule has 22 heavy (non-hydrogen) atoms. The van der Waals surface area contributed by atoms with Crippen LogP contribution in [-0.4, -0.2) is 0 Å². The molecule has 0 aliphatic heterocycles. The van der Waals surface area contributed by atoms with Gasteiger partial charge >= 0.3 is 0 Å². The van der Waals surface area contributed by atoms with Gasteiger partial charge in [-0.15, -0.1) is 0 Å². The average molecular weight is 309 g/mol. The molecule has 0 radical (unpaired) electrons. The minimum atomic E-state index is 1.29. The highest BCUT2D eigenvalue weighted by Crippen LogP contribution is 2.14. The molecule has 0 aliphatic rings. The third-order valence-electron chi connectivity index (χ3n) is 4.71. The summed E-state index contributed by atoms with van der Waals surface area (Å²) in [7, 11) is 0. The zero-order valence-corrected chi connectivity index (χ0v) is 15.9. The molecule has 0 bridgehead atoms. The van der Waals surface area contributed by atoms with Crippen molar-refractivity contribution in [3.05, 3.63) is 12.2 Å². The number of allylic oxidation sites excluding steroid dienone is 2. The van der Waals surface area contributed by atoms with Crippen molar-refractivity contribution in [2.45, 2.75) is 129 Å². The first-order valence-corrected chi connectivity index (χ1v) is 10.5. The van der Waals surface area contributed by atoms with E-state index in [1.807, 2.05) is 0 Å². The smallest absolute Gasteiger partial charge is 0.0351 e. The quantitative estimate of drug-likeness (QED) is 0.176. The van der Waals surface area contributed by atoms with E-state index in [4.69, 9.17) is 0 Å². The Morgan fingerprint density at radius 2 is 0.773 bits per heavy atom. The van der Waals surface area contributed by atoms with Crippen LogP contribution in [0.2, 0.25) is 0 Å². The van der Waals surface area contributed by atoms with E-state index in [0.717, 1.165) is 0 Å². The molecular weight excluding hydrogens is 264 g/mol. The minimum Gasteiger partial charge on any atom is -0.0917 e. The largest absolute Gasteiger partial charge is 0.0917 e. The Kier molecular flexibility index (Phi) is 20.5. The summed E-state index contributed by atoms with van der Waals surface area (Å²) in [6.45, 7) is 4.42. The second kappa shape index (κ2) is 20.7. The number of hydrogen-bond acceptors (Lipinski definition) is 0. The van der Waals surface area contributed by atoms with Crippen LogP contribution in [0.5, 0.6) is 0 Å². The van der Waals surface area contributed by atoms with Gasteiger partial charge in [0.1, 0.15) is 0 Å². The molecule has 0 nitrogen and oxygen atoms in total. The van der Waals surface area contributed by atoms with Gasteiger partial charge in [0, 0.05) is 0 Å². The van der Waals surface area contributed by atoms with Crippen molar-refractivity contribution in [1.82, 2.24) is 0 Å². The van der Waals surface area contributed by atoms with Gasteiger partial charge in [0.05, 0.1) is 0 Å². The average Bonchev–Trinajstić information content (AvgIpc) is 2.54. The van der Waals surface area contributed by atoms with Gasteiger partial charge in [-0.25, -0.2) is 0 Å². The zero-order valence-electron chi connectivity index (χ0n) is 15.9. The molecule has 0 heterocycles. The van der Waals surface area contributed by atoms with Gasteiger partial charge in [0.25, 0.3) is 0 Å². The summed E-state index contributed by atoms with van der Waals surface area (Å²) >= 11 is 0. The van der Waals surface area contributed by atoms with Gasteiger partial charge in [-0.1, -0.05) is 122 Å². The molecule has 0 atom stereocenters. The van der Waals surface area contributed by atoms with E-state index in [1.165, 1.54) is 116 Å². The van der Waals surface area contributed by atoms with Crippen LogP contribution in [0.25, 0.3) is 0 Å². The molecule has 0 aromatic rings. The molecular formula is C22H44. The lowest BCUT2D eigenvalue weighted by molar-refractivity contribution is 0.527. The third kappa shape index (κ3) is 19.7. The Labute approximate surface area is 142 Å². The number of unbranched alkanes of at least 4 members (excludes halogenated alkanes) is 17. The molecule has 0 fully saturated rings. The summed E-state index contributed by atoms with van der Waals surface area (Å²) in [5.74, 6) is 0. The van der Waals surface area contributed by atoms with Crippen LogP contribution in [0, 0.1) is 0 Å². The molecule has 0 N–H and O–H groups in total. The Bertz CT molecular complexity index is 204. The van der Waals surface area contributed by atoms with Crippen molar-refractivity contribution in [2.75, 3.05) is 0 Å². The predicted octanol–water partition coefficient (Wildman–Crippen LogP) is 8.60. The second-order valence-corrected chi connectivity index (χ2v) is 7.01. The third-order valence-corrected chi connectivity index (χ3v) is 4.71. The van der Waals surface area contributed by atoms with Crippen molar-refractivity contribution in [1.29, 1.82) is 0 Å². The first-order valence-electron chi connectivity index (χ1n) is 10.5. The van der Waals surface area contributed by atoms with Crippen LogP contribution in [0.15, 0.2) is 12.2 Å². The summed E-state index contributed by atoms with van der Waals surface area (Å²) in [5, 5.41) is 0. The van der Waals surface area contributed by atoms with Gasteiger partial charge in [-0.2, -0.15) is 0 Å². The fourth-order valence-electron chi connectivity index (χ4n) is 3.15. The van der Waals surface area contributed by atoms with Crippen LogP contribution >= 0.6 is 0 Å². The molecule has 0 saturated heterocycles. The molecule has 0 rings (SSSR count). The predicted molar refractivity (Wildman–Crippen MR) is 104 cm³/mol. The van der Waals surface area contributed by atoms with Gasteiger partial charge in [-0.05, 0) is 19.8 Å². The van der Waals surface area contributed by atoms with E-state index in [2.05, 4.69) is 26.0 Å². The molecule has 132 valence electrons. The fourth-order valence-corrected chi connectivity index (χ4v) is 3.15. The molecule has 0 spiro atoms. The molecule has 0 saturated carbocycles. The van der Waals surface area contributed by atoms with E-state index in [0.29, 0.717) is 0 Å². The van der Waals surface area contributed by atoms with Gasteiger partial charge in [0.2, 0.25) is 0 Å². The monoisotopic (exact) mass is 308 g/mol. The van der Waals surface area contributed by atoms with Crippen LogP contribution < -0.4 is 0 Å². The maximum atomic E-state index is 2.30.